The number of hydrazone groups is 1. The summed E-state index contributed by atoms with van der Waals surface area (Å²) in [6.45, 7) is 7.89. The Morgan fingerprint density at radius 2 is 1.79 bits per heavy atom. The van der Waals surface area contributed by atoms with Crippen LogP contribution in [0.2, 0.25) is 0 Å². The van der Waals surface area contributed by atoms with Gasteiger partial charge in [-0.3, -0.25) is 19.5 Å². The molecule has 180 valence electrons. The summed E-state index contributed by atoms with van der Waals surface area (Å²) in [5.74, 6) is -0.325. The average molecular weight is 464 g/mol. The van der Waals surface area contributed by atoms with E-state index in [2.05, 4.69) is 32.3 Å². The van der Waals surface area contributed by atoms with Gasteiger partial charge in [0, 0.05) is 50.5 Å². The number of nitrogens with zero attached hydrogens (tertiary/aromatic N) is 4. The van der Waals surface area contributed by atoms with Crippen LogP contribution in [-0.2, 0) is 22.5 Å². The third kappa shape index (κ3) is 6.42. The van der Waals surface area contributed by atoms with Crippen LogP contribution in [0.15, 0.2) is 47.6 Å². The molecular weight excluding hydrogens is 430 g/mol. The highest BCUT2D eigenvalue weighted by Gasteiger charge is 2.20. The number of piperazine rings is 1. The Bertz CT molecular complexity index is 1030. The fraction of sp³-hybridized carbons (Fsp3) is 0.423. The van der Waals surface area contributed by atoms with Gasteiger partial charge in [-0.15, -0.1) is 0 Å². The molecular formula is C26H33N5O3. The second-order valence-electron chi connectivity index (χ2n) is 8.83. The van der Waals surface area contributed by atoms with E-state index in [9.17, 15) is 9.59 Å². The largest absolute Gasteiger partial charge is 0.465 e. The molecule has 0 aliphatic carbocycles. The van der Waals surface area contributed by atoms with Crippen molar-refractivity contribution in [3.63, 3.8) is 0 Å². The molecule has 0 atom stereocenters. The van der Waals surface area contributed by atoms with Crippen LogP contribution < -0.4 is 5.32 Å². The fourth-order valence-corrected chi connectivity index (χ4v) is 4.19. The van der Waals surface area contributed by atoms with Crippen LogP contribution in [0.25, 0.3) is 0 Å². The lowest BCUT2D eigenvalue weighted by atomic mass is 9.97. The van der Waals surface area contributed by atoms with Crippen molar-refractivity contribution in [2.75, 3.05) is 58.2 Å². The van der Waals surface area contributed by atoms with Crippen LogP contribution in [0, 0.1) is 0 Å². The summed E-state index contributed by atoms with van der Waals surface area (Å²) < 4.78 is 5.05. The van der Waals surface area contributed by atoms with Gasteiger partial charge in [0.2, 0.25) is 0 Å². The van der Waals surface area contributed by atoms with Gasteiger partial charge in [-0.1, -0.05) is 18.2 Å². The van der Waals surface area contributed by atoms with E-state index >= 15 is 0 Å². The molecule has 0 aromatic heterocycles. The van der Waals surface area contributed by atoms with E-state index in [1.807, 2.05) is 55.6 Å². The third-order valence-corrected chi connectivity index (χ3v) is 6.24. The molecule has 8 heteroatoms. The topological polar surface area (TPSA) is 77.5 Å². The zero-order valence-electron chi connectivity index (χ0n) is 20.0. The number of rotatable bonds is 7. The Morgan fingerprint density at radius 3 is 2.53 bits per heavy atom. The van der Waals surface area contributed by atoms with E-state index in [0.29, 0.717) is 25.3 Å². The normalized spacial score (nSPS) is 16.9. The number of hydrogen-bond acceptors (Lipinski definition) is 7. The highest BCUT2D eigenvalue weighted by atomic mass is 16.5. The van der Waals surface area contributed by atoms with E-state index in [0.717, 1.165) is 61.5 Å². The van der Waals surface area contributed by atoms with Crippen molar-refractivity contribution < 1.29 is 14.3 Å². The molecule has 0 saturated carbocycles. The number of nitrogens with one attached hydrogen (secondary N) is 1. The summed E-state index contributed by atoms with van der Waals surface area (Å²) in [6, 6.07) is 13.5. The molecule has 0 unspecified atom stereocenters. The maximum Gasteiger partial charge on any atom is 0.320 e. The Balaban J connectivity index is 1.31. The number of anilines is 1. The first-order chi connectivity index (χ1) is 16.5. The molecule has 1 amide bonds. The zero-order chi connectivity index (χ0) is 23.9. The zero-order valence-corrected chi connectivity index (χ0v) is 20.0. The van der Waals surface area contributed by atoms with Crippen LogP contribution >= 0.6 is 0 Å². The number of ether oxygens (including phenoxy) is 1. The first-order valence-electron chi connectivity index (χ1n) is 11.9. The van der Waals surface area contributed by atoms with E-state index in [1.54, 1.807) is 0 Å². The van der Waals surface area contributed by atoms with E-state index < -0.39 is 0 Å². The number of carbonyl (C=O) groups is 2. The first kappa shape index (κ1) is 23.9. The molecule has 0 radical (unpaired) electrons. The molecule has 4 rings (SSSR count). The van der Waals surface area contributed by atoms with Crippen LogP contribution in [0.4, 0.5) is 5.69 Å². The summed E-state index contributed by atoms with van der Waals surface area (Å²) in [5.41, 5.74) is 4.69. The first-order valence-corrected chi connectivity index (χ1v) is 11.9. The van der Waals surface area contributed by atoms with Crippen LogP contribution in [0.3, 0.4) is 0 Å². The Labute approximate surface area is 201 Å². The second kappa shape index (κ2) is 11.3. The molecule has 2 aliphatic rings. The summed E-state index contributed by atoms with van der Waals surface area (Å²) in [6.07, 6.45) is 2.67. The number of esters is 1. The lowest BCUT2D eigenvalue weighted by molar-refractivity contribution is -0.144. The minimum atomic E-state index is -0.196. The molecule has 2 aromatic carbocycles. The SMILES string of the molecule is CCOC(=O)CN1CCc2cc(C(=O)Nc3ccc(C=NN4CCN(C)CC4)cc3)ccc2C1. The van der Waals surface area contributed by atoms with E-state index in [-0.39, 0.29) is 11.9 Å². The Kier molecular flexibility index (Phi) is 7.92. The number of likely N-dealkylation sites (N-methyl/N-ethyl adjacent to an activating group) is 1. The molecule has 1 fully saturated rings. The third-order valence-electron chi connectivity index (χ3n) is 6.24. The standard InChI is InChI=1S/C26H33N5O3/c1-3-34-25(32)19-30-11-10-21-16-22(6-7-23(21)18-30)26(33)28-24-8-4-20(5-9-24)17-27-31-14-12-29(2)13-15-31/h4-9,16-17H,3,10-15,18-19H2,1-2H3,(H,28,33). The number of fused-ring (bicyclic) bond motifs is 1. The number of carbonyl (C=O) groups excluding carboxylic acids is 2. The smallest absolute Gasteiger partial charge is 0.320 e. The highest BCUT2D eigenvalue weighted by Crippen LogP contribution is 2.21. The quantitative estimate of drug-likeness (QED) is 0.502. The predicted molar refractivity (Wildman–Crippen MR) is 133 cm³/mol. The maximum atomic E-state index is 12.8. The van der Waals surface area contributed by atoms with Crippen molar-refractivity contribution in [1.29, 1.82) is 0 Å². The van der Waals surface area contributed by atoms with Gasteiger partial charge in [0.1, 0.15) is 0 Å². The number of hydrogen-bond donors (Lipinski definition) is 1. The van der Waals surface area contributed by atoms with Gasteiger partial charge in [0.15, 0.2) is 0 Å². The van der Waals surface area contributed by atoms with Crippen molar-refractivity contribution in [3.05, 3.63) is 64.7 Å². The molecule has 0 bridgehead atoms. The van der Waals surface area contributed by atoms with Gasteiger partial charge in [-0.25, -0.2) is 0 Å². The van der Waals surface area contributed by atoms with Crippen molar-refractivity contribution >= 4 is 23.8 Å². The summed E-state index contributed by atoms with van der Waals surface area (Å²) in [4.78, 5) is 28.9. The van der Waals surface area contributed by atoms with Gasteiger partial charge < -0.3 is 15.0 Å². The molecule has 1 N–H and O–H groups in total. The summed E-state index contributed by atoms with van der Waals surface area (Å²) in [7, 11) is 2.13. The van der Waals surface area contributed by atoms with Crippen LogP contribution in [-0.4, -0.2) is 85.8 Å². The van der Waals surface area contributed by atoms with Gasteiger partial charge in [-0.2, -0.15) is 5.10 Å². The molecule has 1 saturated heterocycles. The van der Waals surface area contributed by atoms with Crippen molar-refractivity contribution in [2.45, 2.75) is 19.9 Å². The molecule has 34 heavy (non-hydrogen) atoms. The number of amides is 1. The molecule has 2 heterocycles. The average Bonchev–Trinajstić information content (AvgIpc) is 2.84. The maximum absolute atomic E-state index is 12.8. The van der Waals surface area contributed by atoms with Gasteiger partial charge in [0.05, 0.1) is 19.4 Å². The van der Waals surface area contributed by atoms with Crippen LogP contribution in [0.5, 0.6) is 0 Å². The lowest BCUT2D eigenvalue weighted by Gasteiger charge is -2.30. The fourth-order valence-electron chi connectivity index (χ4n) is 4.19. The van der Waals surface area contributed by atoms with E-state index in [4.69, 9.17) is 4.74 Å². The van der Waals surface area contributed by atoms with Crippen molar-refractivity contribution in [3.8, 4) is 0 Å². The molecule has 8 nitrogen and oxygen atoms in total. The Hall–Kier alpha value is -3.23. The van der Waals surface area contributed by atoms with Gasteiger partial charge in [-0.05, 0) is 61.3 Å². The van der Waals surface area contributed by atoms with Gasteiger partial charge >= 0.3 is 5.97 Å². The van der Waals surface area contributed by atoms with Crippen molar-refractivity contribution in [1.82, 2.24) is 14.8 Å². The summed E-state index contributed by atoms with van der Waals surface area (Å²) >= 11 is 0. The minimum Gasteiger partial charge on any atom is -0.465 e. The van der Waals surface area contributed by atoms with Crippen LogP contribution in [0.1, 0.15) is 34.0 Å². The molecule has 2 aliphatic heterocycles. The lowest BCUT2D eigenvalue weighted by Crippen LogP contribution is -2.41. The van der Waals surface area contributed by atoms with Gasteiger partial charge in [0.25, 0.3) is 5.91 Å². The Morgan fingerprint density at radius 1 is 1.03 bits per heavy atom. The monoisotopic (exact) mass is 463 g/mol. The molecule has 0 spiro atoms. The van der Waals surface area contributed by atoms with E-state index in [1.165, 1.54) is 0 Å². The predicted octanol–water partition coefficient (Wildman–Crippen LogP) is 2.44. The highest BCUT2D eigenvalue weighted by molar-refractivity contribution is 6.04. The molecule has 2 aromatic rings. The second-order valence-corrected chi connectivity index (χ2v) is 8.83. The summed E-state index contributed by atoms with van der Waals surface area (Å²) in [5, 5.41) is 9.63. The number of benzene rings is 2. The minimum absolute atomic E-state index is 0.129. The van der Waals surface area contributed by atoms with Crippen molar-refractivity contribution in [2.24, 2.45) is 5.10 Å².